The third-order valence-electron chi connectivity index (χ3n) is 4.24. The van der Waals surface area contributed by atoms with Gasteiger partial charge in [0.15, 0.2) is 0 Å². The lowest BCUT2D eigenvalue weighted by molar-refractivity contribution is 0.0502. The van der Waals surface area contributed by atoms with Gasteiger partial charge in [-0.1, -0.05) is 13.8 Å². The van der Waals surface area contributed by atoms with E-state index in [1.54, 1.807) is 6.20 Å². The summed E-state index contributed by atoms with van der Waals surface area (Å²) >= 11 is 3.50. The molecule has 3 nitrogen and oxygen atoms in total. The topological polar surface area (TPSA) is 38.0 Å². The van der Waals surface area contributed by atoms with Crippen LogP contribution in [0.4, 0.5) is 0 Å². The Labute approximate surface area is 118 Å². The van der Waals surface area contributed by atoms with Crippen LogP contribution in [-0.2, 0) is 6.54 Å². The summed E-state index contributed by atoms with van der Waals surface area (Å²) in [5, 5.41) is 14.9. The Kier molecular flexibility index (Phi) is 4.17. The zero-order chi connectivity index (χ0) is 13.3. The Bertz CT molecular complexity index is 404. The summed E-state index contributed by atoms with van der Waals surface area (Å²) in [7, 11) is 0. The first-order valence-electron chi connectivity index (χ1n) is 6.84. The molecule has 0 amide bonds. The van der Waals surface area contributed by atoms with Crippen LogP contribution in [0.25, 0.3) is 0 Å². The second-order valence-electron chi connectivity index (χ2n) is 6.14. The Morgan fingerprint density at radius 1 is 1.50 bits per heavy atom. The molecule has 1 aliphatic rings. The zero-order valence-corrected chi connectivity index (χ0v) is 13.1. The van der Waals surface area contributed by atoms with Crippen molar-refractivity contribution in [3.05, 3.63) is 16.4 Å². The van der Waals surface area contributed by atoms with E-state index in [1.807, 2.05) is 4.68 Å². The molecule has 1 fully saturated rings. The van der Waals surface area contributed by atoms with Gasteiger partial charge in [-0.25, -0.2) is 0 Å². The molecule has 1 unspecified atom stereocenters. The Morgan fingerprint density at radius 2 is 2.11 bits per heavy atom. The molecule has 1 heterocycles. The summed E-state index contributed by atoms with van der Waals surface area (Å²) < 4.78 is 2.83. The van der Waals surface area contributed by atoms with E-state index in [-0.39, 0.29) is 0 Å². The number of aromatic nitrogens is 2. The van der Waals surface area contributed by atoms with E-state index in [1.165, 1.54) is 12.8 Å². The fourth-order valence-corrected chi connectivity index (χ4v) is 3.41. The van der Waals surface area contributed by atoms with Gasteiger partial charge < -0.3 is 5.11 Å². The van der Waals surface area contributed by atoms with E-state index in [2.05, 4.69) is 41.8 Å². The summed E-state index contributed by atoms with van der Waals surface area (Å²) in [4.78, 5) is 0. The minimum atomic E-state index is -0.391. The predicted molar refractivity (Wildman–Crippen MR) is 76.3 cm³/mol. The van der Waals surface area contributed by atoms with E-state index in [9.17, 15) is 5.11 Å². The van der Waals surface area contributed by atoms with Gasteiger partial charge in [-0.3, -0.25) is 4.68 Å². The van der Waals surface area contributed by atoms with Gasteiger partial charge in [-0.2, -0.15) is 5.10 Å². The van der Waals surface area contributed by atoms with Crippen LogP contribution < -0.4 is 0 Å². The van der Waals surface area contributed by atoms with Gasteiger partial charge in [-0.15, -0.1) is 0 Å². The Hall–Kier alpha value is -0.350. The molecule has 1 aromatic rings. The molecular weight excluding hydrogens is 292 g/mol. The molecule has 1 aromatic heterocycles. The summed E-state index contributed by atoms with van der Waals surface area (Å²) in [5.74, 6) is 0.372. The maximum Gasteiger partial charge on any atom is 0.0996 e. The molecule has 0 spiro atoms. The van der Waals surface area contributed by atoms with Crippen molar-refractivity contribution in [1.82, 2.24) is 9.78 Å². The lowest BCUT2D eigenvalue weighted by Crippen LogP contribution is -2.26. The van der Waals surface area contributed by atoms with Gasteiger partial charge in [0, 0.05) is 6.54 Å². The van der Waals surface area contributed by atoms with Crippen molar-refractivity contribution in [2.24, 2.45) is 11.3 Å². The average molecular weight is 315 g/mol. The molecule has 0 aromatic carbocycles. The van der Waals surface area contributed by atoms with Crippen molar-refractivity contribution in [2.75, 3.05) is 0 Å². The number of nitrogens with zero attached hydrogens (tertiary/aromatic N) is 2. The average Bonchev–Trinajstić information content (AvgIpc) is 2.69. The van der Waals surface area contributed by atoms with Crippen LogP contribution in [0, 0.1) is 11.3 Å². The molecule has 1 N–H and O–H groups in total. The van der Waals surface area contributed by atoms with Gasteiger partial charge in [0.2, 0.25) is 0 Å². The fourth-order valence-electron chi connectivity index (χ4n) is 2.88. The molecule has 102 valence electrons. The van der Waals surface area contributed by atoms with Crippen LogP contribution in [0.15, 0.2) is 10.7 Å². The third kappa shape index (κ3) is 2.80. The second-order valence-corrected chi connectivity index (χ2v) is 6.99. The SMILES string of the molecule is CCn1ncc(Br)c1C(O)C1CCC(C)(C)CC1. The van der Waals surface area contributed by atoms with Gasteiger partial charge in [0.25, 0.3) is 0 Å². The van der Waals surface area contributed by atoms with E-state index in [0.29, 0.717) is 11.3 Å². The molecule has 0 radical (unpaired) electrons. The van der Waals surface area contributed by atoms with Crippen molar-refractivity contribution in [1.29, 1.82) is 0 Å². The molecule has 0 bridgehead atoms. The summed E-state index contributed by atoms with van der Waals surface area (Å²) in [5.41, 5.74) is 1.39. The third-order valence-corrected chi connectivity index (χ3v) is 4.85. The minimum Gasteiger partial charge on any atom is -0.386 e. The van der Waals surface area contributed by atoms with Crippen LogP contribution in [0.3, 0.4) is 0 Å². The molecule has 4 heteroatoms. The standard InChI is InChI=1S/C14H23BrN2O/c1-4-17-12(11(15)9-16-17)13(18)10-5-7-14(2,3)8-6-10/h9-10,13,18H,4-8H2,1-3H3. The Morgan fingerprint density at radius 3 is 2.67 bits per heavy atom. The van der Waals surface area contributed by atoms with Crippen LogP contribution in [-0.4, -0.2) is 14.9 Å². The summed E-state index contributed by atoms with van der Waals surface area (Å²) in [6.45, 7) is 7.50. The van der Waals surface area contributed by atoms with Crippen molar-refractivity contribution in [3.63, 3.8) is 0 Å². The van der Waals surface area contributed by atoms with E-state index in [0.717, 1.165) is 29.6 Å². The highest BCUT2D eigenvalue weighted by molar-refractivity contribution is 9.10. The molecule has 1 aliphatic carbocycles. The number of halogens is 1. The van der Waals surface area contributed by atoms with Crippen molar-refractivity contribution in [2.45, 2.75) is 59.1 Å². The highest BCUT2D eigenvalue weighted by atomic mass is 79.9. The van der Waals surface area contributed by atoms with Crippen LogP contribution in [0.2, 0.25) is 0 Å². The van der Waals surface area contributed by atoms with Gasteiger partial charge >= 0.3 is 0 Å². The van der Waals surface area contributed by atoms with Crippen molar-refractivity contribution < 1.29 is 5.11 Å². The molecular formula is C14H23BrN2O. The van der Waals surface area contributed by atoms with Crippen molar-refractivity contribution in [3.8, 4) is 0 Å². The van der Waals surface area contributed by atoms with E-state index < -0.39 is 6.10 Å². The van der Waals surface area contributed by atoms with Crippen LogP contribution in [0.5, 0.6) is 0 Å². The number of rotatable bonds is 3. The minimum absolute atomic E-state index is 0.372. The normalized spacial score (nSPS) is 22.1. The summed E-state index contributed by atoms with van der Waals surface area (Å²) in [6, 6.07) is 0. The number of aliphatic hydroxyl groups excluding tert-OH is 1. The van der Waals surface area contributed by atoms with E-state index in [4.69, 9.17) is 0 Å². The number of hydrogen-bond acceptors (Lipinski definition) is 2. The maximum atomic E-state index is 10.6. The number of hydrogen-bond donors (Lipinski definition) is 1. The first kappa shape index (κ1) is 14.1. The molecule has 1 atom stereocenters. The first-order valence-corrected chi connectivity index (χ1v) is 7.63. The fraction of sp³-hybridized carbons (Fsp3) is 0.786. The lowest BCUT2D eigenvalue weighted by atomic mass is 9.71. The largest absolute Gasteiger partial charge is 0.386 e. The highest BCUT2D eigenvalue weighted by Crippen LogP contribution is 2.43. The van der Waals surface area contributed by atoms with Crippen LogP contribution in [0.1, 0.15) is 58.3 Å². The van der Waals surface area contributed by atoms with Crippen molar-refractivity contribution >= 4 is 15.9 Å². The van der Waals surface area contributed by atoms with E-state index >= 15 is 0 Å². The molecule has 0 aliphatic heterocycles. The first-order chi connectivity index (χ1) is 8.44. The van der Waals surface area contributed by atoms with Crippen LogP contribution >= 0.6 is 15.9 Å². The highest BCUT2D eigenvalue weighted by Gasteiger charge is 2.33. The predicted octanol–water partition coefficient (Wildman–Crippen LogP) is 3.92. The smallest absolute Gasteiger partial charge is 0.0996 e. The summed E-state index contributed by atoms with van der Waals surface area (Å²) in [6.07, 6.45) is 6.01. The number of aliphatic hydroxyl groups is 1. The van der Waals surface area contributed by atoms with Gasteiger partial charge in [0.1, 0.15) is 0 Å². The van der Waals surface area contributed by atoms with Gasteiger partial charge in [-0.05, 0) is 59.9 Å². The zero-order valence-electron chi connectivity index (χ0n) is 11.5. The lowest BCUT2D eigenvalue weighted by Gasteiger charge is -2.36. The molecule has 2 rings (SSSR count). The number of aryl methyl sites for hydroxylation is 1. The maximum absolute atomic E-state index is 10.6. The second kappa shape index (κ2) is 5.33. The molecule has 18 heavy (non-hydrogen) atoms. The molecule has 0 saturated heterocycles. The Balaban J connectivity index is 2.12. The van der Waals surface area contributed by atoms with Gasteiger partial charge in [0.05, 0.1) is 22.5 Å². The monoisotopic (exact) mass is 314 g/mol. The quantitative estimate of drug-likeness (QED) is 0.918. The molecule has 1 saturated carbocycles.